The Morgan fingerprint density at radius 2 is 1.93 bits per heavy atom. The van der Waals surface area contributed by atoms with E-state index in [1.165, 1.54) is 5.56 Å². The molecule has 1 heterocycles. The van der Waals surface area contributed by atoms with Gasteiger partial charge in [-0.05, 0) is 42.2 Å². The minimum Gasteiger partial charge on any atom is -0.481 e. The third-order valence-corrected chi connectivity index (χ3v) is 5.34. The number of rotatable bonds is 7. The number of carbonyl (C=O) groups excluding carboxylic acids is 2. The molecule has 0 radical (unpaired) electrons. The highest BCUT2D eigenvalue weighted by atomic mass is 16.5. The lowest BCUT2D eigenvalue weighted by molar-refractivity contribution is -0.136. The molecule has 0 fully saturated rings. The van der Waals surface area contributed by atoms with E-state index in [-0.39, 0.29) is 23.8 Å². The van der Waals surface area contributed by atoms with Crippen molar-refractivity contribution in [2.24, 2.45) is 5.92 Å². The number of ether oxygens (including phenoxy) is 1. The van der Waals surface area contributed by atoms with E-state index in [2.05, 4.69) is 24.0 Å². The van der Waals surface area contributed by atoms with Crippen LogP contribution in [0.1, 0.15) is 43.5 Å². The standard InChI is InChI=1S/C25H30N2O3/c1-5-14-26-24(28)18(4)30-21-12-11-19-13-15-27(25(29)17(2)3)23(22(19)16-21)20-9-7-6-8-10-20/h5-12,16-18,23H,1,13-15H2,2-4H3,(H,26,28). The van der Waals surface area contributed by atoms with E-state index in [4.69, 9.17) is 4.74 Å². The first-order valence-electron chi connectivity index (χ1n) is 10.5. The number of hydrogen-bond donors (Lipinski definition) is 1. The van der Waals surface area contributed by atoms with Gasteiger partial charge in [0, 0.05) is 19.0 Å². The number of nitrogens with one attached hydrogen (secondary N) is 1. The Morgan fingerprint density at radius 1 is 1.20 bits per heavy atom. The van der Waals surface area contributed by atoms with Gasteiger partial charge in [0.05, 0.1) is 6.04 Å². The second kappa shape index (κ2) is 9.61. The fourth-order valence-corrected chi connectivity index (χ4v) is 3.80. The quantitative estimate of drug-likeness (QED) is 0.710. The van der Waals surface area contributed by atoms with Gasteiger partial charge in [-0.1, -0.05) is 56.3 Å². The second-order valence-electron chi connectivity index (χ2n) is 7.90. The van der Waals surface area contributed by atoms with Gasteiger partial charge in [-0.3, -0.25) is 9.59 Å². The van der Waals surface area contributed by atoms with Crippen LogP contribution in [0.3, 0.4) is 0 Å². The van der Waals surface area contributed by atoms with Crippen LogP contribution in [0.15, 0.2) is 61.2 Å². The Hall–Kier alpha value is -3.08. The van der Waals surface area contributed by atoms with Crippen LogP contribution in [0.25, 0.3) is 0 Å². The summed E-state index contributed by atoms with van der Waals surface area (Å²) in [6.45, 7) is 10.3. The van der Waals surface area contributed by atoms with Crippen molar-refractivity contribution in [1.29, 1.82) is 0 Å². The predicted octanol–water partition coefficient (Wildman–Crippen LogP) is 3.89. The summed E-state index contributed by atoms with van der Waals surface area (Å²) in [5.74, 6) is 0.488. The van der Waals surface area contributed by atoms with Gasteiger partial charge in [0.1, 0.15) is 5.75 Å². The van der Waals surface area contributed by atoms with Gasteiger partial charge in [-0.2, -0.15) is 0 Å². The molecule has 30 heavy (non-hydrogen) atoms. The van der Waals surface area contributed by atoms with E-state index < -0.39 is 6.10 Å². The van der Waals surface area contributed by atoms with E-state index in [1.54, 1.807) is 13.0 Å². The SMILES string of the molecule is C=CCNC(=O)C(C)Oc1ccc2c(c1)C(c1ccccc1)N(C(=O)C(C)C)CC2. The zero-order valence-electron chi connectivity index (χ0n) is 17.9. The molecule has 0 aromatic heterocycles. The first-order valence-corrected chi connectivity index (χ1v) is 10.5. The molecule has 0 saturated carbocycles. The van der Waals surface area contributed by atoms with Crippen LogP contribution in [-0.4, -0.2) is 35.9 Å². The van der Waals surface area contributed by atoms with Crippen molar-refractivity contribution in [2.45, 2.75) is 39.3 Å². The monoisotopic (exact) mass is 406 g/mol. The fourth-order valence-electron chi connectivity index (χ4n) is 3.80. The first kappa shape index (κ1) is 21.6. The van der Waals surface area contributed by atoms with Crippen LogP contribution < -0.4 is 10.1 Å². The van der Waals surface area contributed by atoms with Gasteiger partial charge in [0.15, 0.2) is 6.10 Å². The molecule has 158 valence electrons. The zero-order valence-corrected chi connectivity index (χ0v) is 17.9. The molecule has 5 heteroatoms. The summed E-state index contributed by atoms with van der Waals surface area (Å²) in [4.78, 5) is 27.1. The van der Waals surface area contributed by atoms with Crippen LogP contribution in [0.4, 0.5) is 0 Å². The Balaban J connectivity index is 1.94. The summed E-state index contributed by atoms with van der Waals surface area (Å²) in [5.41, 5.74) is 3.33. The largest absolute Gasteiger partial charge is 0.481 e. The fraction of sp³-hybridized carbons (Fsp3) is 0.360. The summed E-state index contributed by atoms with van der Waals surface area (Å²) in [6, 6.07) is 15.8. The normalized spacial score (nSPS) is 16.5. The van der Waals surface area contributed by atoms with Crippen LogP contribution in [0.2, 0.25) is 0 Å². The van der Waals surface area contributed by atoms with Gasteiger partial charge >= 0.3 is 0 Å². The van der Waals surface area contributed by atoms with Crippen molar-refractivity contribution in [3.8, 4) is 5.75 Å². The molecule has 2 unspecified atom stereocenters. The maximum absolute atomic E-state index is 13.0. The second-order valence-corrected chi connectivity index (χ2v) is 7.90. The van der Waals surface area contributed by atoms with E-state index in [0.29, 0.717) is 18.8 Å². The molecule has 1 aliphatic heterocycles. The molecule has 0 bridgehead atoms. The molecule has 2 atom stereocenters. The molecular formula is C25H30N2O3. The summed E-state index contributed by atoms with van der Waals surface area (Å²) < 4.78 is 5.92. The number of carbonyl (C=O) groups is 2. The molecule has 2 aromatic carbocycles. The maximum Gasteiger partial charge on any atom is 0.261 e. The first-order chi connectivity index (χ1) is 14.4. The van der Waals surface area contributed by atoms with Crippen molar-refractivity contribution in [2.75, 3.05) is 13.1 Å². The van der Waals surface area contributed by atoms with E-state index >= 15 is 0 Å². The number of amides is 2. The highest BCUT2D eigenvalue weighted by Gasteiger charge is 2.33. The summed E-state index contributed by atoms with van der Waals surface area (Å²) >= 11 is 0. The van der Waals surface area contributed by atoms with E-state index in [1.807, 2.05) is 55.1 Å². The highest BCUT2D eigenvalue weighted by Crippen LogP contribution is 2.38. The van der Waals surface area contributed by atoms with Crippen molar-refractivity contribution >= 4 is 11.8 Å². The molecule has 1 aliphatic rings. The van der Waals surface area contributed by atoms with E-state index in [9.17, 15) is 9.59 Å². The lowest BCUT2D eigenvalue weighted by atomic mass is 9.87. The van der Waals surface area contributed by atoms with Gasteiger partial charge in [-0.15, -0.1) is 6.58 Å². The third-order valence-electron chi connectivity index (χ3n) is 5.34. The topological polar surface area (TPSA) is 58.6 Å². The molecule has 0 spiro atoms. The molecular weight excluding hydrogens is 376 g/mol. The zero-order chi connectivity index (χ0) is 21.7. The average molecular weight is 407 g/mol. The van der Waals surface area contributed by atoms with Gasteiger partial charge in [-0.25, -0.2) is 0 Å². The average Bonchev–Trinajstić information content (AvgIpc) is 2.76. The van der Waals surface area contributed by atoms with Crippen molar-refractivity contribution in [1.82, 2.24) is 10.2 Å². The number of hydrogen-bond acceptors (Lipinski definition) is 3. The van der Waals surface area contributed by atoms with Crippen LogP contribution in [-0.2, 0) is 16.0 Å². The number of nitrogens with zero attached hydrogens (tertiary/aromatic N) is 1. The molecule has 2 aromatic rings. The van der Waals surface area contributed by atoms with Crippen LogP contribution in [0, 0.1) is 5.92 Å². The van der Waals surface area contributed by atoms with Gasteiger partial charge in [0.25, 0.3) is 5.91 Å². The Morgan fingerprint density at radius 3 is 2.60 bits per heavy atom. The van der Waals surface area contributed by atoms with Crippen LogP contribution in [0.5, 0.6) is 5.75 Å². The highest BCUT2D eigenvalue weighted by molar-refractivity contribution is 5.81. The number of benzene rings is 2. The smallest absolute Gasteiger partial charge is 0.261 e. The molecule has 0 aliphatic carbocycles. The minimum absolute atomic E-state index is 0.0780. The van der Waals surface area contributed by atoms with Crippen molar-refractivity contribution < 1.29 is 14.3 Å². The van der Waals surface area contributed by atoms with Gasteiger partial charge < -0.3 is 15.0 Å². The van der Waals surface area contributed by atoms with Crippen molar-refractivity contribution in [3.63, 3.8) is 0 Å². The Labute approximate surface area is 178 Å². The molecule has 0 saturated heterocycles. The Bertz CT molecular complexity index is 908. The van der Waals surface area contributed by atoms with Gasteiger partial charge in [0.2, 0.25) is 5.91 Å². The molecule has 1 N–H and O–H groups in total. The summed E-state index contributed by atoms with van der Waals surface area (Å²) in [5, 5.41) is 2.75. The molecule has 5 nitrogen and oxygen atoms in total. The lowest BCUT2D eigenvalue weighted by Crippen LogP contribution is -2.42. The van der Waals surface area contributed by atoms with E-state index in [0.717, 1.165) is 17.5 Å². The minimum atomic E-state index is -0.629. The third kappa shape index (κ3) is 4.73. The Kier molecular flexibility index (Phi) is 6.93. The lowest BCUT2D eigenvalue weighted by Gasteiger charge is -2.39. The molecule has 2 amide bonds. The maximum atomic E-state index is 13.0. The summed E-state index contributed by atoms with van der Waals surface area (Å²) in [7, 11) is 0. The molecule has 3 rings (SSSR count). The van der Waals surface area contributed by atoms with Crippen LogP contribution >= 0.6 is 0 Å². The van der Waals surface area contributed by atoms with Crippen molar-refractivity contribution in [3.05, 3.63) is 77.9 Å². The number of fused-ring (bicyclic) bond motifs is 1. The summed E-state index contributed by atoms with van der Waals surface area (Å²) in [6.07, 6.45) is 1.80. The predicted molar refractivity (Wildman–Crippen MR) is 118 cm³/mol.